The van der Waals surface area contributed by atoms with Gasteiger partial charge in [-0.3, -0.25) is 4.79 Å². The molecule has 0 amide bonds. The molecule has 0 unspecified atom stereocenters. The normalized spacial score (nSPS) is 12.1. The third-order valence-electron chi connectivity index (χ3n) is 3.70. The number of hydrogen-bond donors (Lipinski definition) is 0. The van der Waals surface area contributed by atoms with Crippen LogP contribution >= 0.6 is 0 Å². The van der Waals surface area contributed by atoms with E-state index in [1.165, 1.54) is 11.1 Å². The number of hydrogen-bond acceptors (Lipinski definition) is 1. The molecule has 0 saturated heterocycles. The quantitative estimate of drug-likeness (QED) is 0.445. The number of carbonyl (C=O) groups is 1. The first-order chi connectivity index (χ1) is 9.83. The maximum Gasteiger partial charge on any atom is 0.168 e. The monoisotopic (exact) mass is 284 g/mol. The molecule has 0 spiro atoms. The fourth-order valence-electron chi connectivity index (χ4n) is 2.19. The zero-order chi connectivity index (χ0) is 15.9. The lowest BCUT2D eigenvalue weighted by Crippen LogP contribution is -2.23. The second-order valence-corrected chi connectivity index (χ2v) is 6.65. The predicted molar refractivity (Wildman–Crippen MR) is 91.6 cm³/mol. The maximum absolute atomic E-state index is 12.5. The van der Waals surface area contributed by atoms with Crippen LogP contribution in [0.4, 0.5) is 0 Å². The number of ketones is 1. The van der Waals surface area contributed by atoms with Crippen LogP contribution in [0.25, 0.3) is 0 Å². The van der Waals surface area contributed by atoms with Crippen molar-refractivity contribution in [1.29, 1.82) is 0 Å². The van der Waals surface area contributed by atoms with E-state index in [2.05, 4.69) is 32.9 Å². The molecule has 0 N–H and O–H groups in total. The van der Waals surface area contributed by atoms with Gasteiger partial charge in [0, 0.05) is 11.0 Å². The number of Topliss-reactive ketones (excluding diaryl/α,β-unsaturated/α-hetero) is 1. The summed E-state index contributed by atoms with van der Waals surface area (Å²) >= 11 is 0. The van der Waals surface area contributed by atoms with Gasteiger partial charge in [-0.25, -0.2) is 0 Å². The Morgan fingerprint density at radius 2 is 1.67 bits per heavy atom. The van der Waals surface area contributed by atoms with Crippen LogP contribution in [0.15, 0.2) is 53.6 Å². The van der Waals surface area contributed by atoms with Crippen molar-refractivity contribution in [2.45, 2.75) is 53.9 Å². The van der Waals surface area contributed by atoms with E-state index in [4.69, 9.17) is 0 Å². The lowest BCUT2D eigenvalue weighted by atomic mass is 9.80. The molecule has 114 valence electrons. The molecular weight excluding hydrogens is 256 g/mol. The largest absolute Gasteiger partial charge is 0.294 e. The van der Waals surface area contributed by atoms with Gasteiger partial charge in [-0.2, -0.15) is 0 Å². The third-order valence-corrected chi connectivity index (χ3v) is 3.70. The van der Waals surface area contributed by atoms with Crippen LogP contribution in [0.5, 0.6) is 0 Å². The van der Waals surface area contributed by atoms with Crippen molar-refractivity contribution in [1.82, 2.24) is 0 Å². The van der Waals surface area contributed by atoms with Gasteiger partial charge in [-0.05, 0) is 40.0 Å². The minimum atomic E-state index is -0.348. The molecule has 0 aliphatic rings. The van der Waals surface area contributed by atoms with E-state index in [0.29, 0.717) is 0 Å². The van der Waals surface area contributed by atoms with Crippen molar-refractivity contribution < 1.29 is 4.79 Å². The first kappa shape index (κ1) is 17.4. The van der Waals surface area contributed by atoms with Crippen molar-refractivity contribution in [3.8, 4) is 0 Å². The Balaban J connectivity index is 2.63. The van der Waals surface area contributed by atoms with Crippen LogP contribution < -0.4 is 0 Å². The van der Waals surface area contributed by atoms with Gasteiger partial charge in [0.05, 0.1) is 0 Å². The van der Waals surface area contributed by atoms with Crippen molar-refractivity contribution >= 4 is 5.78 Å². The Hall–Kier alpha value is -1.63. The Labute approximate surface area is 129 Å². The summed E-state index contributed by atoms with van der Waals surface area (Å²) in [5.41, 5.74) is 3.18. The fraction of sp³-hybridized carbons (Fsp3) is 0.450. The SMILES string of the molecule is CC(C)=CCC/C(C)=C/CC(C)(C)C(=O)c1ccccc1. The second kappa shape index (κ2) is 7.97. The minimum Gasteiger partial charge on any atom is -0.294 e. The zero-order valence-corrected chi connectivity index (χ0v) is 14.1. The fourth-order valence-corrected chi connectivity index (χ4v) is 2.19. The molecule has 1 rings (SSSR count). The molecule has 0 fully saturated rings. The number of carbonyl (C=O) groups excluding carboxylic acids is 1. The summed E-state index contributed by atoms with van der Waals surface area (Å²) in [7, 11) is 0. The summed E-state index contributed by atoms with van der Waals surface area (Å²) in [6.07, 6.45) is 7.43. The average Bonchev–Trinajstić information content (AvgIpc) is 2.45. The minimum absolute atomic E-state index is 0.219. The van der Waals surface area contributed by atoms with E-state index in [1.54, 1.807) is 0 Å². The number of benzene rings is 1. The maximum atomic E-state index is 12.5. The summed E-state index contributed by atoms with van der Waals surface area (Å²) < 4.78 is 0. The summed E-state index contributed by atoms with van der Waals surface area (Å²) in [6, 6.07) is 9.58. The molecule has 0 atom stereocenters. The van der Waals surface area contributed by atoms with E-state index < -0.39 is 0 Å². The van der Waals surface area contributed by atoms with E-state index in [9.17, 15) is 4.79 Å². The van der Waals surface area contributed by atoms with Crippen LogP contribution in [-0.2, 0) is 0 Å². The highest BCUT2D eigenvalue weighted by molar-refractivity contribution is 6.00. The predicted octanol–water partition coefficient (Wildman–Crippen LogP) is 5.98. The lowest BCUT2D eigenvalue weighted by Gasteiger charge is -2.21. The molecule has 0 radical (unpaired) electrons. The van der Waals surface area contributed by atoms with Gasteiger partial charge < -0.3 is 0 Å². The van der Waals surface area contributed by atoms with Crippen molar-refractivity contribution in [3.05, 3.63) is 59.2 Å². The molecule has 0 aliphatic heterocycles. The molecule has 21 heavy (non-hydrogen) atoms. The zero-order valence-electron chi connectivity index (χ0n) is 14.1. The molecule has 0 aromatic heterocycles. The molecule has 0 saturated carbocycles. The van der Waals surface area contributed by atoms with Gasteiger partial charge in [-0.1, -0.05) is 67.5 Å². The van der Waals surface area contributed by atoms with Crippen LogP contribution in [0, 0.1) is 5.41 Å². The summed E-state index contributed by atoms with van der Waals surface area (Å²) in [6.45, 7) is 10.5. The highest BCUT2D eigenvalue weighted by atomic mass is 16.1. The molecular formula is C20H28O. The standard InChI is InChI=1S/C20H28O/c1-16(2)10-9-11-17(3)14-15-20(4,5)19(21)18-12-7-6-8-13-18/h6-8,10,12-14H,9,11,15H2,1-5H3/b17-14+. The highest BCUT2D eigenvalue weighted by Gasteiger charge is 2.27. The topological polar surface area (TPSA) is 17.1 Å². The lowest BCUT2D eigenvalue weighted by molar-refractivity contribution is 0.0840. The molecule has 0 heterocycles. The first-order valence-electron chi connectivity index (χ1n) is 7.72. The Kier molecular flexibility index (Phi) is 6.61. The van der Waals surface area contributed by atoms with Crippen LogP contribution in [0.1, 0.15) is 64.2 Å². The molecule has 0 bridgehead atoms. The summed E-state index contributed by atoms with van der Waals surface area (Å²) in [4.78, 5) is 12.5. The summed E-state index contributed by atoms with van der Waals surface area (Å²) in [5, 5.41) is 0. The number of rotatable bonds is 7. The van der Waals surface area contributed by atoms with Gasteiger partial charge in [0.25, 0.3) is 0 Å². The van der Waals surface area contributed by atoms with Crippen molar-refractivity contribution in [2.75, 3.05) is 0 Å². The highest BCUT2D eigenvalue weighted by Crippen LogP contribution is 2.27. The number of allylic oxidation sites excluding steroid dienone is 4. The molecule has 1 aromatic carbocycles. The Bertz CT molecular complexity index is 514. The third kappa shape index (κ3) is 6.12. The van der Waals surface area contributed by atoms with Gasteiger partial charge in [0.1, 0.15) is 0 Å². The van der Waals surface area contributed by atoms with E-state index in [-0.39, 0.29) is 11.2 Å². The first-order valence-corrected chi connectivity index (χ1v) is 7.72. The van der Waals surface area contributed by atoms with E-state index in [1.807, 2.05) is 44.2 Å². The van der Waals surface area contributed by atoms with Crippen LogP contribution in [0.2, 0.25) is 0 Å². The Morgan fingerprint density at radius 1 is 1.05 bits per heavy atom. The van der Waals surface area contributed by atoms with Crippen LogP contribution in [-0.4, -0.2) is 5.78 Å². The average molecular weight is 284 g/mol. The molecule has 1 heteroatoms. The smallest absolute Gasteiger partial charge is 0.168 e. The Morgan fingerprint density at radius 3 is 2.24 bits per heavy atom. The molecule has 0 aliphatic carbocycles. The van der Waals surface area contributed by atoms with E-state index >= 15 is 0 Å². The van der Waals surface area contributed by atoms with Crippen molar-refractivity contribution in [2.24, 2.45) is 5.41 Å². The molecule has 1 aromatic rings. The summed E-state index contributed by atoms with van der Waals surface area (Å²) in [5.74, 6) is 0.219. The van der Waals surface area contributed by atoms with Crippen LogP contribution in [0.3, 0.4) is 0 Å². The van der Waals surface area contributed by atoms with Gasteiger partial charge in [0.2, 0.25) is 0 Å². The van der Waals surface area contributed by atoms with Crippen molar-refractivity contribution in [3.63, 3.8) is 0 Å². The van der Waals surface area contributed by atoms with Gasteiger partial charge in [0.15, 0.2) is 5.78 Å². The van der Waals surface area contributed by atoms with Gasteiger partial charge in [-0.15, -0.1) is 0 Å². The van der Waals surface area contributed by atoms with E-state index in [0.717, 1.165) is 24.8 Å². The molecule has 1 nitrogen and oxygen atoms in total. The van der Waals surface area contributed by atoms with Gasteiger partial charge >= 0.3 is 0 Å². The second-order valence-electron chi connectivity index (χ2n) is 6.65.